The molecule has 3 heterocycles. The van der Waals surface area contributed by atoms with E-state index in [1.807, 2.05) is 37.3 Å². The topological polar surface area (TPSA) is 75.2 Å². The number of H-pyrrole nitrogens is 1. The molecule has 8 heteroatoms. The van der Waals surface area contributed by atoms with Gasteiger partial charge in [-0.05, 0) is 61.5 Å². The zero-order valence-electron chi connectivity index (χ0n) is 17.8. The number of halogens is 1. The molecule has 1 aliphatic rings. The van der Waals surface area contributed by atoms with Crippen LogP contribution in [0.5, 0.6) is 0 Å². The summed E-state index contributed by atoms with van der Waals surface area (Å²) in [5.41, 5.74) is 5.04. The molecular formula is C24H24ClN5O2. The summed E-state index contributed by atoms with van der Waals surface area (Å²) < 4.78 is 7.16. The predicted octanol–water partition coefficient (Wildman–Crippen LogP) is 4.12. The van der Waals surface area contributed by atoms with Gasteiger partial charge in [-0.15, -0.1) is 0 Å². The lowest BCUT2D eigenvalue weighted by Crippen LogP contribution is -2.36. The van der Waals surface area contributed by atoms with E-state index in [0.29, 0.717) is 22.8 Å². The summed E-state index contributed by atoms with van der Waals surface area (Å²) >= 11 is 6.00. The van der Waals surface area contributed by atoms with Crippen LogP contribution in [0.1, 0.15) is 11.3 Å². The summed E-state index contributed by atoms with van der Waals surface area (Å²) in [5.74, 6) is 0. The number of fused-ring (bicyclic) bond motifs is 1. The summed E-state index contributed by atoms with van der Waals surface area (Å²) in [4.78, 5) is 18.1. The predicted molar refractivity (Wildman–Crippen MR) is 128 cm³/mol. The van der Waals surface area contributed by atoms with Crippen molar-refractivity contribution in [2.75, 3.05) is 36.5 Å². The standard InChI is InChI=1S/C24H24ClN5O2/c1-16-22-14-17(15-26-19-4-8-20(9-5-19)29-10-12-32-13-11-29)24(31)27-23(22)30(28-16)21-6-2-18(25)3-7-21/h2-9,14,26H,10-13,15H2,1H3,(H,27,31). The number of morpholine rings is 1. The summed E-state index contributed by atoms with van der Waals surface area (Å²) in [6, 6.07) is 17.6. The molecule has 0 spiro atoms. The third-order valence-corrected chi connectivity index (χ3v) is 6.00. The third kappa shape index (κ3) is 4.09. The summed E-state index contributed by atoms with van der Waals surface area (Å²) in [7, 11) is 0. The molecule has 7 nitrogen and oxygen atoms in total. The van der Waals surface area contributed by atoms with Crippen LogP contribution in [0.2, 0.25) is 5.02 Å². The van der Waals surface area contributed by atoms with Crippen LogP contribution < -0.4 is 15.8 Å². The van der Waals surface area contributed by atoms with E-state index in [-0.39, 0.29) is 5.56 Å². The van der Waals surface area contributed by atoms with Crippen molar-refractivity contribution < 1.29 is 4.74 Å². The number of aromatic nitrogens is 3. The second-order valence-corrected chi connectivity index (χ2v) is 8.30. The third-order valence-electron chi connectivity index (χ3n) is 5.75. The van der Waals surface area contributed by atoms with Crippen molar-refractivity contribution >= 4 is 34.0 Å². The Kier molecular flexibility index (Phi) is 5.59. The van der Waals surface area contributed by atoms with Crippen molar-refractivity contribution in [2.45, 2.75) is 13.5 Å². The molecule has 0 aliphatic carbocycles. The van der Waals surface area contributed by atoms with E-state index in [9.17, 15) is 4.79 Å². The lowest BCUT2D eigenvalue weighted by atomic mass is 10.2. The number of hydrogen-bond donors (Lipinski definition) is 2. The molecule has 0 amide bonds. The molecule has 1 aliphatic heterocycles. The van der Waals surface area contributed by atoms with Crippen LogP contribution in [-0.4, -0.2) is 41.1 Å². The lowest BCUT2D eigenvalue weighted by Gasteiger charge is -2.28. The monoisotopic (exact) mass is 449 g/mol. The number of pyridine rings is 1. The van der Waals surface area contributed by atoms with Gasteiger partial charge in [-0.2, -0.15) is 5.10 Å². The first-order valence-corrected chi connectivity index (χ1v) is 11.0. The molecular weight excluding hydrogens is 426 g/mol. The number of rotatable bonds is 5. The van der Waals surface area contributed by atoms with E-state index in [2.05, 4.69) is 32.4 Å². The molecule has 1 fully saturated rings. The van der Waals surface area contributed by atoms with Gasteiger partial charge in [-0.25, -0.2) is 4.68 Å². The van der Waals surface area contributed by atoms with E-state index in [1.165, 1.54) is 5.69 Å². The first-order chi connectivity index (χ1) is 15.6. The fraction of sp³-hybridized carbons (Fsp3) is 0.250. The van der Waals surface area contributed by atoms with Crippen molar-refractivity contribution in [3.8, 4) is 5.69 Å². The fourth-order valence-electron chi connectivity index (χ4n) is 3.97. The average Bonchev–Trinajstić information content (AvgIpc) is 3.14. The molecule has 164 valence electrons. The number of nitrogens with zero attached hydrogens (tertiary/aromatic N) is 3. The highest BCUT2D eigenvalue weighted by Crippen LogP contribution is 2.22. The highest BCUT2D eigenvalue weighted by molar-refractivity contribution is 6.30. The SMILES string of the molecule is Cc1nn(-c2ccc(Cl)cc2)c2[nH]c(=O)c(CNc3ccc(N4CCOCC4)cc3)cc12. The number of aryl methyl sites for hydroxylation is 1. The van der Waals surface area contributed by atoms with Gasteiger partial charge >= 0.3 is 0 Å². The smallest absolute Gasteiger partial charge is 0.254 e. The minimum absolute atomic E-state index is 0.134. The molecule has 5 rings (SSSR count). The minimum Gasteiger partial charge on any atom is -0.381 e. The lowest BCUT2D eigenvalue weighted by molar-refractivity contribution is 0.122. The Hall–Kier alpha value is -3.29. The Bertz CT molecular complexity index is 1290. The molecule has 0 unspecified atom stereocenters. The van der Waals surface area contributed by atoms with Gasteiger partial charge in [-0.3, -0.25) is 4.79 Å². The van der Waals surface area contributed by atoms with E-state index >= 15 is 0 Å². The summed E-state index contributed by atoms with van der Waals surface area (Å²) in [6.07, 6.45) is 0. The van der Waals surface area contributed by atoms with Crippen LogP contribution in [0, 0.1) is 6.92 Å². The molecule has 0 atom stereocenters. The molecule has 2 aromatic carbocycles. The number of hydrogen-bond acceptors (Lipinski definition) is 5. The van der Waals surface area contributed by atoms with Crippen LogP contribution in [0.3, 0.4) is 0 Å². The minimum atomic E-state index is -0.134. The van der Waals surface area contributed by atoms with Crippen molar-refractivity contribution in [2.24, 2.45) is 0 Å². The number of aromatic amines is 1. The van der Waals surface area contributed by atoms with E-state index in [1.54, 1.807) is 16.8 Å². The highest BCUT2D eigenvalue weighted by atomic mass is 35.5. The molecule has 0 bridgehead atoms. The number of nitrogens with one attached hydrogen (secondary N) is 2. The highest BCUT2D eigenvalue weighted by Gasteiger charge is 2.14. The second-order valence-electron chi connectivity index (χ2n) is 7.86. The maximum atomic E-state index is 12.8. The van der Waals surface area contributed by atoms with Gasteiger partial charge < -0.3 is 19.9 Å². The quantitative estimate of drug-likeness (QED) is 0.479. The maximum absolute atomic E-state index is 12.8. The van der Waals surface area contributed by atoms with Crippen LogP contribution >= 0.6 is 11.6 Å². The Balaban J connectivity index is 1.36. The zero-order valence-corrected chi connectivity index (χ0v) is 18.5. The van der Waals surface area contributed by atoms with Crippen LogP contribution in [0.25, 0.3) is 16.7 Å². The molecule has 0 saturated carbocycles. The molecule has 4 aromatic rings. The second kappa shape index (κ2) is 8.68. The largest absolute Gasteiger partial charge is 0.381 e. The van der Waals surface area contributed by atoms with Gasteiger partial charge in [-0.1, -0.05) is 11.6 Å². The Labute approximate surface area is 190 Å². The molecule has 2 N–H and O–H groups in total. The van der Waals surface area contributed by atoms with Crippen molar-refractivity contribution in [1.29, 1.82) is 0 Å². The number of benzene rings is 2. The molecule has 2 aromatic heterocycles. The Morgan fingerprint density at radius 3 is 2.47 bits per heavy atom. The van der Waals surface area contributed by atoms with Crippen LogP contribution in [0.15, 0.2) is 59.4 Å². The van der Waals surface area contributed by atoms with Gasteiger partial charge in [0.1, 0.15) is 5.65 Å². The van der Waals surface area contributed by atoms with Gasteiger partial charge in [0.15, 0.2) is 0 Å². The van der Waals surface area contributed by atoms with Crippen molar-refractivity contribution in [3.63, 3.8) is 0 Å². The van der Waals surface area contributed by atoms with Gasteiger partial charge in [0.05, 0.1) is 24.6 Å². The number of anilines is 2. The van der Waals surface area contributed by atoms with E-state index in [0.717, 1.165) is 48.8 Å². The molecule has 32 heavy (non-hydrogen) atoms. The van der Waals surface area contributed by atoms with Gasteiger partial charge in [0.2, 0.25) is 0 Å². The normalized spacial score (nSPS) is 14.1. The first kappa shape index (κ1) is 20.6. The zero-order chi connectivity index (χ0) is 22.1. The van der Waals surface area contributed by atoms with E-state index in [4.69, 9.17) is 16.3 Å². The van der Waals surface area contributed by atoms with Crippen molar-refractivity contribution in [3.05, 3.63) is 81.2 Å². The van der Waals surface area contributed by atoms with Crippen LogP contribution in [0.4, 0.5) is 11.4 Å². The fourth-order valence-corrected chi connectivity index (χ4v) is 4.10. The Morgan fingerprint density at radius 1 is 1.06 bits per heavy atom. The molecule has 1 saturated heterocycles. The Morgan fingerprint density at radius 2 is 1.75 bits per heavy atom. The van der Waals surface area contributed by atoms with E-state index < -0.39 is 0 Å². The molecule has 0 radical (unpaired) electrons. The summed E-state index contributed by atoms with van der Waals surface area (Å²) in [6.45, 7) is 5.71. The number of ether oxygens (including phenoxy) is 1. The van der Waals surface area contributed by atoms with Gasteiger partial charge in [0.25, 0.3) is 5.56 Å². The average molecular weight is 450 g/mol. The van der Waals surface area contributed by atoms with Crippen LogP contribution in [-0.2, 0) is 11.3 Å². The maximum Gasteiger partial charge on any atom is 0.254 e. The summed E-state index contributed by atoms with van der Waals surface area (Å²) in [5, 5.41) is 9.54. The van der Waals surface area contributed by atoms with Gasteiger partial charge in [0, 0.05) is 47.0 Å². The first-order valence-electron chi connectivity index (χ1n) is 10.6. The van der Waals surface area contributed by atoms with Crippen molar-refractivity contribution in [1.82, 2.24) is 14.8 Å².